The van der Waals surface area contributed by atoms with Gasteiger partial charge in [0.2, 0.25) is 0 Å². The Kier molecular flexibility index (Phi) is 6.96. The van der Waals surface area contributed by atoms with Gasteiger partial charge in [-0.25, -0.2) is 4.99 Å². The number of nitrogens with two attached hydrogens (primary N) is 1. The molecule has 0 atom stereocenters. The Bertz CT molecular complexity index is 642. The van der Waals surface area contributed by atoms with Gasteiger partial charge in [0.25, 0.3) is 0 Å². The van der Waals surface area contributed by atoms with Crippen LogP contribution in [0.4, 0.5) is 5.69 Å². The van der Waals surface area contributed by atoms with Gasteiger partial charge in [0.1, 0.15) is 11.5 Å². The summed E-state index contributed by atoms with van der Waals surface area (Å²) >= 11 is 0. The highest BCUT2D eigenvalue weighted by molar-refractivity contribution is 14.0. The molecule has 1 aromatic heterocycles. The number of benzene rings is 1. The van der Waals surface area contributed by atoms with E-state index in [0.29, 0.717) is 23.7 Å². The van der Waals surface area contributed by atoms with E-state index in [9.17, 15) is 0 Å². The summed E-state index contributed by atoms with van der Waals surface area (Å²) in [5.41, 5.74) is 7.42. The molecule has 0 amide bonds. The monoisotopic (exact) mass is 417 g/mol. The molecular formula is C14H20IN5O2. The minimum Gasteiger partial charge on any atom is -0.497 e. The summed E-state index contributed by atoms with van der Waals surface area (Å²) in [6.45, 7) is 0.409. The van der Waals surface area contributed by atoms with Gasteiger partial charge in [-0.2, -0.15) is 5.10 Å². The average molecular weight is 417 g/mol. The summed E-state index contributed by atoms with van der Waals surface area (Å²) in [7, 11) is 5.05. The van der Waals surface area contributed by atoms with Crippen LogP contribution in [0.25, 0.3) is 0 Å². The third-order valence-electron chi connectivity index (χ3n) is 2.85. The number of hydrogen-bond acceptors (Lipinski definition) is 4. The highest BCUT2D eigenvalue weighted by Crippen LogP contribution is 2.28. The molecule has 0 unspecified atom stereocenters. The van der Waals surface area contributed by atoms with E-state index in [1.165, 1.54) is 0 Å². The first-order valence-electron chi connectivity index (χ1n) is 6.40. The van der Waals surface area contributed by atoms with Gasteiger partial charge in [0.05, 0.1) is 32.1 Å². The number of guanidine groups is 1. The Hall–Kier alpha value is -1.97. The molecule has 3 N–H and O–H groups in total. The molecule has 1 aromatic carbocycles. The highest BCUT2D eigenvalue weighted by atomic mass is 127. The SMILES string of the molecule is COc1ccc(OC)c(NC(N)=NCc2ccn(C)n2)c1.I. The number of methoxy groups -OCH3 is 2. The van der Waals surface area contributed by atoms with Crippen LogP contribution in [0.15, 0.2) is 35.5 Å². The lowest BCUT2D eigenvalue weighted by atomic mass is 10.2. The van der Waals surface area contributed by atoms with Crippen molar-refractivity contribution in [3.8, 4) is 11.5 Å². The molecule has 0 radical (unpaired) electrons. The zero-order valence-corrected chi connectivity index (χ0v) is 15.1. The Morgan fingerprint density at radius 1 is 1.32 bits per heavy atom. The van der Waals surface area contributed by atoms with Crippen LogP contribution in [0, 0.1) is 0 Å². The van der Waals surface area contributed by atoms with Gasteiger partial charge < -0.3 is 20.5 Å². The molecule has 120 valence electrons. The zero-order valence-electron chi connectivity index (χ0n) is 12.7. The van der Waals surface area contributed by atoms with E-state index in [2.05, 4.69) is 15.4 Å². The molecule has 0 fully saturated rings. The summed E-state index contributed by atoms with van der Waals surface area (Å²) < 4.78 is 12.2. The molecule has 1 heterocycles. The summed E-state index contributed by atoms with van der Waals surface area (Å²) in [6.07, 6.45) is 1.86. The third-order valence-corrected chi connectivity index (χ3v) is 2.85. The summed E-state index contributed by atoms with van der Waals surface area (Å²) in [4.78, 5) is 4.25. The van der Waals surface area contributed by atoms with E-state index in [0.717, 1.165) is 5.69 Å². The van der Waals surface area contributed by atoms with Gasteiger partial charge in [-0.3, -0.25) is 4.68 Å². The summed E-state index contributed by atoms with van der Waals surface area (Å²) in [6, 6.07) is 7.29. The summed E-state index contributed by atoms with van der Waals surface area (Å²) in [5.74, 6) is 1.65. The molecular weight excluding hydrogens is 397 g/mol. The van der Waals surface area contributed by atoms with E-state index in [-0.39, 0.29) is 29.9 Å². The first-order chi connectivity index (χ1) is 10.1. The number of nitrogens with zero attached hydrogens (tertiary/aromatic N) is 3. The number of aromatic nitrogens is 2. The number of nitrogens with one attached hydrogen (secondary N) is 1. The second-order valence-corrected chi connectivity index (χ2v) is 4.37. The molecule has 0 aliphatic heterocycles. The lowest BCUT2D eigenvalue weighted by Gasteiger charge is -2.11. The van der Waals surface area contributed by atoms with Crippen LogP contribution >= 0.6 is 24.0 Å². The van der Waals surface area contributed by atoms with Crippen LogP contribution < -0.4 is 20.5 Å². The van der Waals surface area contributed by atoms with E-state index < -0.39 is 0 Å². The predicted molar refractivity (Wildman–Crippen MR) is 97.1 cm³/mol. The van der Waals surface area contributed by atoms with Gasteiger partial charge in [0, 0.05) is 19.3 Å². The number of aliphatic imine (C=N–C) groups is 1. The molecule has 0 aliphatic carbocycles. The number of aryl methyl sites for hydroxylation is 1. The number of halogens is 1. The first kappa shape index (κ1) is 18.1. The summed E-state index contributed by atoms with van der Waals surface area (Å²) in [5, 5.41) is 7.23. The van der Waals surface area contributed by atoms with Crippen LogP contribution in [-0.4, -0.2) is 30.0 Å². The molecule has 0 saturated carbocycles. The molecule has 2 aromatic rings. The largest absolute Gasteiger partial charge is 0.497 e. The van der Waals surface area contributed by atoms with Crippen molar-refractivity contribution in [2.75, 3.05) is 19.5 Å². The van der Waals surface area contributed by atoms with E-state index >= 15 is 0 Å². The Morgan fingerprint density at radius 2 is 2.09 bits per heavy atom. The average Bonchev–Trinajstić information content (AvgIpc) is 2.90. The van der Waals surface area contributed by atoms with Gasteiger partial charge >= 0.3 is 0 Å². The maximum absolute atomic E-state index is 5.88. The smallest absolute Gasteiger partial charge is 0.193 e. The maximum atomic E-state index is 5.88. The first-order valence-corrected chi connectivity index (χ1v) is 6.40. The van der Waals surface area contributed by atoms with Crippen molar-refractivity contribution in [1.82, 2.24) is 9.78 Å². The van der Waals surface area contributed by atoms with Crippen LogP contribution in [0.2, 0.25) is 0 Å². The molecule has 7 nitrogen and oxygen atoms in total. The maximum Gasteiger partial charge on any atom is 0.193 e. The van der Waals surface area contributed by atoms with Crippen LogP contribution in [0.5, 0.6) is 11.5 Å². The quantitative estimate of drug-likeness (QED) is 0.442. The van der Waals surface area contributed by atoms with Crippen molar-refractivity contribution in [3.63, 3.8) is 0 Å². The van der Waals surface area contributed by atoms with Crippen molar-refractivity contribution in [2.45, 2.75) is 6.54 Å². The fourth-order valence-corrected chi connectivity index (χ4v) is 1.80. The molecule has 0 saturated heterocycles. The Labute approximate surface area is 146 Å². The number of hydrogen-bond donors (Lipinski definition) is 2. The van der Waals surface area contributed by atoms with Crippen molar-refractivity contribution >= 4 is 35.6 Å². The second-order valence-electron chi connectivity index (χ2n) is 4.37. The molecule has 8 heteroatoms. The fourth-order valence-electron chi connectivity index (χ4n) is 1.80. The van der Waals surface area contributed by atoms with Crippen molar-refractivity contribution < 1.29 is 9.47 Å². The second kappa shape index (κ2) is 8.47. The number of ether oxygens (including phenoxy) is 2. The minimum atomic E-state index is 0. The fraction of sp³-hybridized carbons (Fsp3) is 0.286. The minimum absolute atomic E-state index is 0. The van der Waals surface area contributed by atoms with E-state index in [1.807, 2.05) is 25.4 Å². The van der Waals surface area contributed by atoms with Crippen LogP contribution in [0.1, 0.15) is 5.69 Å². The van der Waals surface area contributed by atoms with Gasteiger partial charge in [-0.15, -0.1) is 24.0 Å². The van der Waals surface area contributed by atoms with E-state index in [1.54, 1.807) is 31.0 Å². The highest BCUT2D eigenvalue weighted by Gasteiger charge is 2.06. The molecule has 0 bridgehead atoms. The van der Waals surface area contributed by atoms with Gasteiger partial charge in [-0.05, 0) is 18.2 Å². The standard InChI is InChI=1S/C14H19N5O2.HI/c1-19-7-6-10(18-19)9-16-14(15)17-12-8-11(20-2)4-5-13(12)21-3;/h4-8H,9H2,1-3H3,(H3,15,16,17);1H. The van der Waals surface area contributed by atoms with Gasteiger partial charge in [-0.1, -0.05) is 0 Å². The zero-order chi connectivity index (χ0) is 15.2. The molecule has 22 heavy (non-hydrogen) atoms. The molecule has 0 spiro atoms. The molecule has 2 rings (SSSR count). The Balaban J connectivity index is 0.00000242. The number of anilines is 1. The molecule has 0 aliphatic rings. The Morgan fingerprint density at radius 3 is 2.68 bits per heavy atom. The normalized spacial score (nSPS) is 10.8. The van der Waals surface area contributed by atoms with Crippen LogP contribution in [-0.2, 0) is 13.6 Å². The lowest BCUT2D eigenvalue weighted by Crippen LogP contribution is -2.23. The van der Waals surface area contributed by atoms with Gasteiger partial charge in [0.15, 0.2) is 5.96 Å². The topological polar surface area (TPSA) is 86.7 Å². The number of rotatable bonds is 5. The predicted octanol–water partition coefficient (Wildman–Crippen LogP) is 1.98. The van der Waals surface area contributed by atoms with Crippen molar-refractivity contribution in [2.24, 2.45) is 17.8 Å². The van der Waals surface area contributed by atoms with E-state index in [4.69, 9.17) is 15.2 Å². The lowest BCUT2D eigenvalue weighted by molar-refractivity contribution is 0.405. The third kappa shape index (κ3) is 4.79. The van der Waals surface area contributed by atoms with Crippen LogP contribution in [0.3, 0.4) is 0 Å². The van der Waals surface area contributed by atoms with Crippen molar-refractivity contribution in [1.29, 1.82) is 0 Å². The van der Waals surface area contributed by atoms with Crippen molar-refractivity contribution in [3.05, 3.63) is 36.2 Å².